The molecule has 0 heterocycles. The number of rotatable bonds is 5. The van der Waals surface area contributed by atoms with E-state index in [0.29, 0.717) is 18.8 Å². The summed E-state index contributed by atoms with van der Waals surface area (Å²) < 4.78 is 0. The Kier molecular flexibility index (Phi) is 3.87. The van der Waals surface area contributed by atoms with E-state index in [1.165, 1.54) is 12.8 Å². The van der Waals surface area contributed by atoms with E-state index in [1.54, 1.807) is 0 Å². The van der Waals surface area contributed by atoms with Gasteiger partial charge in [0.05, 0.1) is 0 Å². The Bertz CT molecular complexity index is 824. The van der Waals surface area contributed by atoms with E-state index in [4.69, 9.17) is 0 Å². The third-order valence-electron chi connectivity index (χ3n) is 5.37. The molecular formula is C22H23NO2. The molecule has 0 amide bonds. The van der Waals surface area contributed by atoms with Crippen molar-refractivity contribution >= 4 is 17.7 Å². The first-order valence-corrected chi connectivity index (χ1v) is 8.94. The van der Waals surface area contributed by atoms with Gasteiger partial charge in [-0.15, -0.1) is 0 Å². The maximum absolute atomic E-state index is 12.2. The molecule has 1 fully saturated rings. The predicted molar refractivity (Wildman–Crippen MR) is 101 cm³/mol. The second-order valence-corrected chi connectivity index (χ2v) is 7.37. The van der Waals surface area contributed by atoms with Gasteiger partial charge in [-0.25, -0.2) is 4.79 Å². The fourth-order valence-corrected chi connectivity index (χ4v) is 3.70. The fraction of sp³-hybridized carbons (Fsp3) is 0.318. The van der Waals surface area contributed by atoms with E-state index in [-0.39, 0.29) is 0 Å². The number of nitrogens with one attached hydrogen (secondary N) is 1. The van der Waals surface area contributed by atoms with Crippen molar-refractivity contribution in [2.45, 2.75) is 38.1 Å². The summed E-state index contributed by atoms with van der Waals surface area (Å²) in [5.41, 5.74) is 4.45. The minimum atomic E-state index is -0.973. The Hall–Kier alpha value is -2.55. The van der Waals surface area contributed by atoms with Crippen molar-refractivity contribution in [2.75, 3.05) is 5.32 Å². The number of carbonyl (C=O) groups is 1. The van der Waals surface area contributed by atoms with Crippen LogP contribution in [0.2, 0.25) is 0 Å². The molecule has 0 unspecified atom stereocenters. The summed E-state index contributed by atoms with van der Waals surface area (Å²) in [5.74, 6) is -0.0982. The van der Waals surface area contributed by atoms with Crippen LogP contribution < -0.4 is 5.32 Å². The highest BCUT2D eigenvalue weighted by Gasteiger charge is 2.44. The molecule has 3 heteroatoms. The summed E-state index contributed by atoms with van der Waals surface area (Å²) in [6, 6.07) is 14.1. The molecule has 2 aromatic rings. The number of fused-ring (bicyclic) bond motifs is 1. The molecule has 2 N–H and O–H groups in total. The van der Waals surface area contributed by atoms with Crippen molar-refractivity contribution in [3.63, 3.8) is 0 Å². The normalized spacial score (nSPS) is 18.3. The van der Waals surface area contributed by atoms with Gasteiger partial charge >= 0.3 is 5.97 Å². The van der Waals surface area contributed by atoms with Crippen molar-refractivity contribution in [1.29, 1.82) is 0 Å². The zero-order valence-corrected chi connectivity index (χ0v) is 14.5. The van der Waals surface area contributed by atoms with Gasteiger partial charge in [0.1, 0.15) is 5.54 Å². The van der Waals surface area contributed by atoms with Crippen LogP contribution in [0.15, 0.2) is 48.5 Å². The molecule has 4 rings (SSSR count). The maximum Gasteiger partial charge on any atom is 0.330 e. The number of allylic oxidation sites excluding steroid dienone is 1. The van der Waals surface area contributed by atoms with Crippen molar-refractivity contribution in [1.82, 2.24) is 0 Å². The number of aryl methyl sites for hydroxylation is 1. The topological polar surface area (TPSA) is 49.3 Å². The first-order valence-electron chi connectivity index (χ1n) is 8.94. The lowest BCUT2D eigenvalue weighted by Gasteiger charge is -2.28. The number of hydrogen-bond acceptors (Lipinski definition) is 2. The third-order valence-corrected chi connectivity index (χ3v) is 5.37. The van der Waals surface area contributed by atoms with Crippen LogP contribution in [-0.4, -0.2) is 16.6 Å². The molecule has 2 aromatic carbocycles. The molecule has 0 aliphatic heterocycles. The van der Waals surface area contributed by atoms with Gasteiger partial charge in [-0.3, -0.25) is 0 Å². The molecule has 2 aliphatic rings. The molecule has 128 valence electrons. The number of carboxylic acid groups (broad SMARTS) is 1. The SMILES string of the molecule is Cc1cccc(NC2(C(=O)O)Cc3ccccc3C2)c1/C=C/C1CC1. The first-order chi connectivity index (χ1) is 12.1. The second-order valence-electron chi connectivity index (χ2n) is 7.37. The van der Waals surface area contributed by atoms with Gasteiger partial charge in [0.15, 0.2) is 0 Å². The van der Waals surface area contributed by atoms with Crippen LogP contribution in [0.25, 0.3) is 6.08 Å². The standard InChI is InChI=1S/C22H23NO2/c1-15-5-4-8-20(19(15)12-11-16-9-10-16)23-22(21(24)25)13-17-6-2-3-7-18(17)14-22/h2-8,11-12,16,23H,9-10,13-14H2,1H3,(H,24,25)/b12-11+. The van der Waals surface area contributed by atoms with Crippen LogP contribution in [0.3, 0.4) is 0 Å². The molecule has 0 bridgehead atoms. The van der Waals surface area contributed by atoms with Crippen LogP contribution in [0.4, 0.5) is 5.69 Å². The minimum absolute atomic E-state index is 0.512. The van der Waals surface area contributed by atoms with Gasteiger partial charge < -0.3 is 10.4 Å². The molecule has 1 saturated carbocycles. The monoisotopic (exact) mass is 333 g/mol. The molecular weight excluding hydrogens is 310 g/mol. The highest BCUT2D eigenvalue weighted by atomic mass is 16.4. The van der Waals surface area contributed by atoms with E-state index < -0.39 is 11.5 Å². The Morgan fingerprint density at radius 2 is 1.80 bits per heavy atom. The average molecular weight is 333 g/mol. The van der Waals surface area contributed by atoms with Gasteiger partial charge in [0.2, 0.25) is 0 Å². The van der Waals surface area contributed by atoms with E-state index in [1.807, 2.05) is 36.4 Å². The number of benzene rings is 2. The number of anilines is 1. The molecule has 2 aliphatic carbocycles. The summed E-state index contributed by atoms with van der Waals surface area (Å²) in [5, 5.41) is 13.4. The Morgan fingerprint density at radius 1 is 1.12 bits per heavy atom. The number of hydrogen-bond donors (Lipinski definition) is 2. The van der Waals surface area contributed by atoms with Gasteiger partial charge in [0, 0.05) is 24.1 Å². The Morgan fingerprint density at radius 3 is 2.40 bits per heavy atom. The Labute approximate surface area is 148 Å². The van der Waals surface area contributed by atoms with Gasteiger partial charge in [-0.2, -0.15) is 0 Å². The summed E-state index contributed by atoms with van der Waals surface area (Å²) in [6.07, 6.45) is 7.97. The van der Waals surface area contributed by atoms with Crippen molar-refractivity contribution < 1.29 is 9.90 Å². The van der Waals surface area contributed by atoms with Gasteiger partial charge in [-0.05, 0) is 48.4 Å². The Balaban J connectivity index is 1.68. The predicted octanol–water partition coefficient (Wildman–Crippen LogP) is 4.45. The summed E-state index contributed by atoms with van der Waals surface area (Å²) in [4.78, 5) is 12.2. The molecule has 3 nitrogen and oxygen atoms in total. The third kappa shape index (κ3) is 3.07. The summed E-state index contributed by atoms with van der Waals surface area (Å²) >= 11 is 0. The smallest absolute Gasteiger partial charge is 0.330 e. The number of aliphatic carboxylic acids is 1. The molecule has 25 heavy (non-hydrogen) atoms. The summed E-state index contributed by atoms with van der Waals surface area (Å²) in [6.45, 7) is 2.08. The van der Waals surface area contributed by atoms with Crippen LogP contribution in [0.1, 0.15) is 35.1 Å². The maximum atomic E-state index is 12.2. The van der Waals surface area contributed by atoms with Gasteiger partial charge in [0.25, 0.3) is 0 Å². The lowest BCUT2D eigenvalue weighted by atomic mass is 9.94. The summed E-state index contributed by atoms with van der Waals surface area (Å²) in [7, 11) is 0. The molecule has 0 spiro atoms. The molecule has 0 aromatic heterocycles. The largest absolute Gasteiger partial charge is 0.479 e. The van der Waals surface area contributed by atoms with Crippen molar-refractivity contribution in [2.24, 2.45) is 5.92 Å². The zero-order chi connectivity index (χ0) is 17.4. The second kappa shape index (κ2) is 6.07. The van der Waals surface area contributed by atoms with E-state index in [0.717, 1.165) is 27.9 Å². The van der Waals surface area contributed by atoms with Crippen LogP contribution in [-0.2, 0) is 17.6 Å². The highest BCUT2D eigenvalue weighted by molar-refractivity contribution is 5.86. The quantitative estimate of drug-likeness (QED) is 0.850. The van der Waals surface area contributed by atoms with Crippen LogP contribution >= 0.6 is 0 Å². The van der Waals surface area contributed by atoms with Crippen molar-refractivity contribution in [3.8, 4) is 0 Å². The molecule has 0 atom stereocenters. The van der Waals surface area contributed by atoms with E-state index in [9.17, 15) is 9.90 Å². The lowest BCUT2D eigenvalue weighted by Crippen LogP contribution is -2.47. The lowest BCUT2D eigenvalue weighted by molar-refractivity contribution is -0.142. The van der Waals surface area contributed by atoms with Crippen molar-refractivity contribution in [3.05, 3.63) is 70.8 Å². The fourth-order valence-electron chi connectivity index (χ4n) is 3.70. The van der Waals surface area contributed by atoms with E-state index >= 15 is 0 Å². The first kappa shape index (κ1) is 15.9. The average Bonchev–Trinajstić information content (AvgIpc) is 3.33. The van der Waals surface area contributed by atoms with Gasteiger partial charge in [-0.1, -0.05) is 48.6 Å². The highest BCUT2D eigenvalue weighted by Crippen LogP contribution is 2.36. The molecule has 0 saturated heterocycles. The molecule has 0 radical (unpaired) electrons. The van der Waals surface area contributed by atoms with Crippen LogP contribution in [0, 0.1) is 12.8 Å². The zero-order valence-electron chi connectivity index (χ0n) is 14.5. The number of carboxylic acids is 1. The van der Waals surface area contributed by atoms with Crippen LogP contribution in [0.5, 0.6) is 0 Å². The van der Waals surface area contributed by atoms with E-state index in [2.05, 4.69) is 30.5 Å². The minimum Gasteiger partial charge on any atom is -0.479 e.